The van der Waals surface area contributed by atoms with E-state index in [1.165, 1.54) is 50.3 Å². The van der Waals surface area contributed by atoms with Gasteiger partial charge in [0.05, 0.1) is 12.6 Å². The lowest BCUT2D eigenvalue weighted by Gasteiger charge is -2.57. The van der Waals surface area contributed by atoms with Gasteiger partial charge in [-0.25, -0.2) is 0 Å². The molecule has 0 saturated carbocycles. The molecule has 0 aliphatic carbocycles. The monoisotopic (exact) mass is 342 g/mol. The van der Waals surface area contributed by atoms with E-state index >= 15 is 0 Å². The molecule has 24 heavy (non-hydrogen) atoms. The van der Waals surface area contributed by atoms with Crippen molar-refractivity contribution >= 4 is 0 Å². The molecule has 0 radical (unpaired) electrons. The van der Waals surface area contributed by atoms with Crippen molar-refractivity contribution in [1.29, 1.82) is 0 Å². The Kier molecular flexibility index (Phi) is 4.65. The van der Waals surface area contributed by atoms with Crippen LogP contribution >= 0.6 is 0 Å². The Labute approximate surface area is 145 Å². The fraction of sp³-hybridized carbons (Fsp3) is 1.00. The molecule has 6 saturated heterocycles. The lowest BCUT2D eigenvalue weighted by Crippen LogP contribution is -2.76. The lowest BCUT2D eigenvalue weighted by molar-refractivity contribution is -1.08. The van der Waals surface area contributed by atoms with E-state index in [0.29, 0.717) is 6.61 Å². The van der Waals surface area contributed by atoms with E-state index in [4.69, 9.17) is 9.47 Å². The first kappa shape index (κ1) is 17.2. The van der Waals surface area contributed by atoms with Gasteiger partial charge < -0.3 is 28.7 Å². The summed E-state index contributed by atoms with van der Waals surface area (Å²) in [5.41, 5.74) is 0. The summed E-state index contributed by atoms with van der Waals surface area (Å²) in [4.78, 5) is 0. The predicted octanol–water partition coefficient (Wildman–Crippen LogP) is -0.0695. The molecule has 6 fully saturated rings. The fourth-order valence-electron chi connectivity index (χ4n) is 5.42. The molecule has 4 bridgehead atoms. The van der Waals surface area contributed by atoms with E-state index in [0.717, 1.165) is 30.3 Å². The van der Waals surface area contributed by atoms with E-state index in [1.807, 2.05) is 0 Å². The van der Waals surface area contributed by atoms with Gasteiger partial charge in [-0.3, -0.25) is 0 Å². The summed E-state index contributed by atoms with van der Waals surface area (Å²) in [7, 11) is 0. The summed E-state index contributed by atoms with van der Waals surface area (Å²) < 4.78 is 14.3. The molecule has 138 valence electrons. The van der Waals surface area contributed by atoms with E-state index in [1.54, 1.807) is 0 Å². The van der Waals surface area contributed by atoms with Gasteiger partial charge in [0.2, 0.25) is 0 Å². The van der Waals surface area contributed by atoms with Gasteiger partial charge in [-0.1, -0.05) is 6.42 Å². The molecule has 0 amide bonds. The summed E-state index contributed by atoms with van der Waals surface area (Å²) in [6.07, 6.45) is 0.676. The van der Waals surface area contributed by atoms with Gasteiger partial charge in [-0.2, -0.15) is 0 Å². The Hall–Kier alpha value is -0.240. The number of nitrogens with zero attached hydrogens (tertiary/aromatic N) is 2. The summed E-state index contributed by atoms with van der Waals surface area (Å²) in [6.45, 7) is 12.7. The second-order valence-electron chi connectivity index (χ2n) is 8.58. The molecule has 0 spiro atoms. The smallest absolute Gasteiger partial charge is 0.186 e. The number of quaternary nitrogens is 2. The average molecular weight is 342 g/mol. The second-order valence-corrected chi connectivity index (χ2v) is 8.58. The molecular weight excluding hydrogens is 308 g/mol. The van der Waals surface area contributed by atoms with Gasteiger partial charge in [-0.05, 0) is 19.8 Å². The van der Waals surface area contributed by atoms with Crippen LogP contribution in [0.5, 0.6) is 0 Å². The van der Waals surface area contributed by atoms with Crippen molar-refractivity contribution in [3.8, 4) is 0 Å². The van der Waals surface area contributed by atoms with Crippen LogP contribution in [0.3, 0.4) is 0 Å². The van der Waals surface area contributed by atoms with Gasteiger partial charge in [-0.15, -0.1) is 0 Å². The van der Waals surface area contributed by atoms with E-state index in [2.05, 4.69) is 6.92 Å². The highest BCUT2D eigenvalue weighted by molar-refractivity contribution is 4.90. The van der Waals surface area contributed by atoms with Crippen LogP contribution in [0.15, 0.2) is 0 Å². The van der Waals surface area contributed by atoms with Crippen LogP contribution in [0.2, 0.25) is 0 Å². The third-order valence-corrected chi connectivity index (χ3v) is 7.45. The number of piperazine rings is 3. The minimum atomic E-state index is -0.906. The fourth-order valence-corrected chi connectivity index (χ4v) is 5.42. The topological polar surface area (TPSA) is 58.9 Å². The van der Waals surface area contributed by atoms with Gasteiger partial charge in [0.15, 0.2) is 6.29 Å². The number of rotatable bonds is 3. The van der Waals surface area contributed by atoms with E-state index in [-0.39, 0.29) is 12.0 Å². The van der Waals surface area contributed by atoms with Crippen molar-refractivity contribution in [2.24, 2.45) is 5.92 Å². The van der Waals surface area contributed by atoms with Crippen molar-refractivity contribution in [2.45, 2.75) is 50.8 Å². The SMILES string of the molecule is CC[N+]12CC[N+](CC3OC4OCCCCC3C(O)C4O)(CC1)CC2. The first-order chi connectivity index (χ1) is 11.6. The first-order valence-electron chi connectivity index (χ1n) is 9.90. The normalized spacial score (nSPS) is 51.9. The molecule has 5 unspecified atom stereocenters. The largest absolute Gasteiger partial charge is 0.390 e. The molecule has 6 heteroatoms. The Morgan fingerprint density at radius 3 is 2.25 bits per heavy atom. The zero-order valence-corrected chi connectivity index (χ0v) is 15.0. The molecule has 2 N–H and O–H groups in total. The van der Waals surface area contributed by atoms with Gasteiger partial charge >= 0.3 is 0 Å². The van der Waals surface area contributed by atoms with Crippen molar-refractivity contribution < 1.29 is 28.7 Å². The number of hydrogen-bond donors (Lipinski definition) is 2. The van der Waals surface area contributed by atoms with Crippen LogP contribution < -0.4 is 0 Å². The highest BCUT2D eigenvalue weighted by atomic mass is 16.7. The predicted molar refractivity (Wildman–Crippen MR) is 89.1 cm³/mol. The molecule has 0 aromatic heterocycles. The number of likely N-dealkylation sites (N-methyl/N-ethyl adjacent to an activating group) is 1. The molecule has 6 heterocycles. The van der Waals surface area contributed by atoms with E-state index in [9.17, 15) is 10.2 Å². The van der Waals surface area contributed by atoms with Gasteiger partial charge in [0, 0.05) is 12.5 Å². The van der Waals surface area contributed by atoms with Crippen LogP contribution in [0.1, 0.15) is 26.2 Å². The number of aliphatic hydroxyl groups excluding tert-OH is 2. The number of ether oxygens (including phenoxy) is 2. The standard InChI is InChI=1S/C18H34N2O4/c1-2-19-6-9-20(10-7-19,11-8-19)13-15-14-5-3-4-12-23-18(24-15)17(22)16(14)21/h14-18,21-22H,2-13H2,1H3/q+2. The van der Waals surface area contributed by atoms with Crippen molar-refractivity contribution in [3.63, 3.8) is 0 Å². The zero-order valence-electron chi connectivity index (χ0n) is 15.0. The number of aliphatic hydroxyl groups is 2. The minimum absolute atomic E-state index is 0.00577. The van der Waals surface area contributed by atoms with Gasteiger partial charge in [0.25, 0.3) is 0 Å². The maximum atomic E-state index is 10.6. The minimum Gasteiger partial charge on any atom is -0.390 e. The lowest BCUT2D eigenvalue weighted by atomic mass is 9.84. The molecule has 6 aliphatic rings. The van der Waals surface area contributed by atoms with Crippen LogP contribution in [-0.2, 0) is 9.47 Å². The third-order valence-electron chi connectivity index (χ3n) is 7.45. The third kappa shape index (κ3) is 2.91. The van der Waals surface area contributed by atoms with Crippen LogP contribution in [-0.4, -0.2) is 103 Å². The second kappa shape index (κ2) is 6.49. The Morgan fingerprint density at radius 1 is 0.917 bits per heavy atom. The molecule has 0 aromatic rings. The van der Waals surface area contributed by atoms with Crippen LogP contribution in [0.25, 0.3) is 0 Å². The highest BCUT2D eigenvalue weighted by Crippen LogP contribution is 2.35. The van der Waals surface area contributed by atoms with Crippen molar-refractivity contribution in [2.75, 3.05) is 59.0 Å². The summed E-state index contributed by atoms with van der Waals surface area (Å²) >= 11 is 0. The maximum Gasteiger partial charge on any atom is 0.186 e. The summed E-state index contributed by atoms with van der Waals surface area (Å²) in [5.74, 6) is 0.0414. The molecule has 0 aromatic carbocycles. The van der Waals surface area contributed by atoms with Crippen molar-refractivity contribution in [1.82, 2.24) is 0 Å². The summed E-state index contributed by atoms with van der Waals surface area (Å²) in [6, 6.07) is 0. The number of fused-ring (bicyclic) bond motifs is 9. The summed E-state index contributed by atoms with van der Waals surface area (Å²) in [5, 5.41) is 20.9. The van der Waals surface area contributed by atoms with E-state index < -0.39 is 18.5 Å². The quantitative estimate of drug-likeness (QED) is 0.705. The van der Waals surface area contributed by atoms with Crippen LogP contribution in [0, 0.1) is 5.92 Å². The maximum absolute atomic E-state index is 10.6. The molecule has 5 atom stereocenters. The zero-order chi connectivity index (χ0) is 16.8. The Morgan fingerprint density at radius 2 is 1.58 bits per heavy atom. The number of hydrogen-bond acceptors (Lipinski definition) is 4. The molecule has 6 rings (SSSR count). The van der Waals surface area contributed by atoms with Gasteiger partial charge in [0.1, 0.15) is 58.0 Å². The Balaban J connectivity index is 1.49. The van der Waals surface area contributed by atoms with Crippen molar-refractivity contribution in [3.05, 3.63) is 0 Å². The molecular formula is C18H34N2O4+2. The molecule has 6 aliphatic heterocycles. The molecule has 6 nitrogen and oxygen atoms in total. The average Bonchev–Trinajstić information content (AvgIpc) is 2.75. The van der Waals surface area contributed by atoms with Crippen LogP contribution in [0.4, 0.5) is 0 Å². The Bertz CT molecular complexity index is 434. The highest BCUT2D eigenvalue weighted by Gasteiger charge is 2.53. The first-order valence-corrected chi connectivity index (χ1v) is 9.90.